The number of ketones is 1. The molecule has 29 heavy (non-hydrogen) atoms. The molecular formula is C24H17N3OS. The van der Waals surface area contributed by atoms with Crippen LogP contribution in [0.5, 0.6) is 0 Å². The molecule has 4 nitrogen and oxygen atoms in total. The van der Waals surface area contributed by atoms with E-state index in [1.165, 1.54) is 11.3 Å². The van der Waals surface area contributed by atoms with Crippen LogP contribution in [0.15, 0.2) is 89.9 Å². The van der Waals surface area contributed by atoms with Crippen molar-refractivity contribution < 1.29 is 4.79 Å². The summed E-state index contributed by atoms with van der Waals surface area (Å²) in [5, 5.41) is 16.2. The Balaban J connectivity index is 1.76. The molecule has 0 radical (unpaired) electrons. The Morgan fingerprint density at radius 3 is 2.41 bits per heavy atom. The molecule has 0 aliphatic heterocycles. The number of benzene rings is 2. The lowest BCUT2D eigenvalue weighted by Crippen LogP contribution is -2.00. The first-order chi connectivity index (χ1) is 14.2. The van der Waals surface area contributed by atoms with E-state index in [9.17, 15) is 10.1 Å². The standard InChI is InChI=1S/C24H17N3OS/c25-15-20(24(28)22-12-7-13-29-22)14-21-17-27(16-18-8-3-1-4-9-18)26-23(21)19-10-5-2-6-11-19/h1-14,17H,16H2/b20-14+. The highest BCUT2D eigenvalue weighted by molar-refractivity contribution is 7.12. The highest BCUT2D eigenvalue weighted by atomic mass is 32.1. The minimum Gasteiger partial charge on any atom is -0.287 e. The molecule has 4 rings (SSSR count). The number of thiophene rings is 1. The van der Waals surface area contributed by atoms with E-state index in [-0.39, 0.29) is 11.4 Å². The summed E-state index contributed by atoms with van der Waals surface area (Å²) in [7, 11) is 0. The predicted molar refractivity (Wildman–Crippen MR) is 115 cm³/mol. The van der Waals surface area contributed by atoms with Gasteiger partial charge in [0.2, 0.25) is 5.78 Å². The van der Waals surface area contributed by atoms with E-state index in [1.54, 1.807) is 18.2 Å². The van der Waals surface area contributed by atoms with Crippen LogP contribution >= 0.6 is 11.3 Å². The van der Waals surface area contributed by atoms with Gasteiger partial charge in [0.15, 0.2) is 0 Å². The summed E-state index contributed by atoms with van der Waals surface area (Å²) < 4.78 is 1.84. The summed E-state index contributed by atoms with van der Waals surface area (Å²) in [6, 6.07) is 25.4. The minimum atomic E-state index is -0.266. The van der Waals surface area contributed by atoms with Crippen LogP contribution in [0.2, 0.25) is 0 Å². The lowest BCUT2D eigenvalue weighted by Gasteiger charge is -2.01. The van der Waals surface area contributed by atoms with Crippen molar-refractivity contribution in [3.8, 4) is 17.3 Å². The van der Waals surface area contributed by atoms with Gasteiger partial charge in [0.1, 0.15) is 11.6 Å². The van der Waals surface area contributed by atoms with Gasteiger partial charge in [0.25, 0.3) is 0 Å². The Morgan fingerprint density at radius 1 is 1.03 bits per heavy atom. The fourth-order valence-electron chi connectivity index (χ4n) is 3.06. The summed E-state index contributed by atoms with van der Waals surface area (Å²) >= 11 is 1.33. The smallest absolute Gasteiger partial charge is 0.213 e. The third-order valence-electron chi connectivity index (χ3n) is 4.43. The van der Waals surface area contributed by atoms with Crippen LogP contribution in [0.1, 0.15) is 20.8 Å². The SMILES string of the molecule is N#C/C(=C\c1cn(Cc2ccccc2)nc1-c1ccccc1)C(=O)c1cccs1. The molecule has 0 N–H and O–H groups in total. The number of hydrogen-bond acceptors (Lipinski definition) is 4. The number of rotatable bonds is 6. The van der Waals surface area contributed by atoms with E-state index in [0.717, 1.165) is 22.4 Å². The van der Waals surface area contributed by atoms with Gasteiger partial charge in [-0.3, -0.25) is 9.48 Å². The number of carbonyl (C=O) groups excluding carboxylic acids is 1. The molecule has 140 valence electrons. The van der Waals surface area contributed by atoms with Crippen molar-refractivity contribution in [2.45, 2.75) is 6.54 Å². The molecule has 2 aromatic heterocycles. The normalized spacial score (nSPS) is 11.2. The Kier molecular flexibility index (Phi) is 5.46. The Morgan fingerprint density at radius 2 is 1.76 bits per heavy atom. The first-order valence-corrected chi connectivity index (χ1v) is 9.99. The average molecular weight is 395 g/mol. The Labute approximate surface area is 173 Å². The van der Waals surface area contributed by atoms with E-state index in [4.69, 9.17) is 5.10 Å². The second kappa shape index (κ2) is 8.51. The molecule has 0 unspecified atom stereocenters. The van der Waals surface area contributed by atoms with Crippen LogP contribution in [0.4, 0.5) is 0 Å². The molecule has 2 heterocycles. The van der Waals surface area contributed by atoms with Crippen molar-refractivity contribution >= 4 is 23.2 Å². The molecule has 0 atom stereocenters. The molecule has 5 heteroatoms. The maximum Gasteiger partial charge on any atom is 0.213 e. The van der Waals surface area contributed by atoms with Gasteiger partial charge in [-0.1, -0.05) is 66.7 Å². The van der Waals surface area contributed by atoms with Crippen molar-refractivity contribution in [1.82, 2.24) is 9.78 Å². The minimum absolute atomic E-state index is 0.101. The highest BCUT2D eigenvalue weighted by Gasteiger charge is 2.16. The van der Waals surface area contributed by atoms with Gasteiger partial charge in [0, 0.05) is 17.3 Å². The number of nitrogens with zero attached hydrogens (tertiary/aromatic N) is 3. The third-order valence-corrected chi connectivity index (χ3v) is 5.30. The zero-order valence-electron chi connectivity index (χ0n) is 15.5. The van der Waals surface area contributed by atoms with E-state index >= 15 is 0 Å². The molecule has 0 bridgehead atoms. The molecule has 0 fully saturated rings. The molecule has 2 aromatic carbocycles. The quantitative estimate of drug-likeness (QED) is 0.248. The van der Waals surface area contributed by atoms with Crippen LogP contribution in [0.25, 0.3) is 17.3 Å². The predicted octanol–water partition coefficient (Wildman–Crippen LogP) is 5.45. The van der Waals surface area contributed by atoms with E-state index in [0.29, 0.717) is 11.4 Å². The molecule has 0 saturated carbocycles. The number of allylic oxidation sites excluding steroid dienone is 1. The third kappa shape index (κ3) is 4.23. The summed E-state index contributed by atoms with van der Waals surface area (Å²) in [5.74, 6) is -0.266. The van der Waals surface area contributed by atoms with Crippen LogP contribution in [-0.4, -0.2) is 15.6 Å². The monoisotopic (exact) mass is 395 g/mol. The van der Waals surface area contributed by atoms with Gasteiger partial charge in [-0.05, 0) is 23.1 Å². The Bertz CT molecular complexity index is 1180. The molecule has 0 spiro atoms. The molecule has 0 aliphatic rings. The highest BCUT2D eigenvalue weighted by Crippen LogP contribution is 2.25. The van der Waals surface area contributed by atoms with Crippen LogP contribution in [0, 0.1) is 11.3 Å². The summed E-state index contributed by atoms with van der Waals surface area (Å²) in [4.78, 5) is 13.2. The number of aromatic nitrogens is 2. The van der Waals surface area contributed by atoms with E-state index in [2.05, 4.69) is 6.07 Å². The summed E-state index contributed by atoms with van der Waals surface area (Å²) in [6.07, 6.45) is 3.52. The lowest BCUT2D eigenvalue weighted by molar-refractivity contribution is 0.104. The van der Waals surface area contributed by atoms with Gasteiger partial charge in [-0.2, -0.15) is 10.4 Å². The van der Waals surface area contributed by atoms with Gasteiger partial charge in [-0.15, -0.1) is 11.3 Å². The topological polar surface area (TPSA) is 58.7 Å². The van der Waals surface area contributed by atoms with Gasteiger partial charge >= 0.3 is 0 Å². The molecule has 0 amide bonds. The number of hydrogen-bond donors (Lipinski definition) is 0. The van der Waals surface area contributed by atoms with Crippen molar-refractivity contribution in [2.24, 2.45) is 0 Å². The van der Waals surface area contributed by atoms with Crippen LogP contribution in [-0.2, 0) is 6.54 Å². The van der Waals surface area contributed by atoms with Crippen molar-refractivity contribution in [2.75, 3.05) is 0 Å². The van der Waals surface area contributed by atoms with Crippen LogP contribution in [0.3, 0.4) is 0 Å². The number of Topliss-reactive ketones (excluding diaryl/α,β-unsaturated/α-hetero) is 1. The molecule has 0 aliphatic carbocycles. The molecular weight excluding hydrogens is 378 g/mol. The van der Waals surface area contributed by atoms with Gasteiger partial charge in [0.05, 0.1) is 17.1 Å². The first kappa shape index (κ1) is 18.6. The average Bonchev–Trinajstić information content (AvgIpc) is 3.43. The second-order valence-electron chi connectivity index (χ2n) is 6.46. The maximum atomic E-state index is 12.7. The lowest BCUT2D eigenvalue weighted by atomic mass is 10.0. The fraction of sp³-hybridized carbons (Fsp3) is 0.0417. The molecule has 4 aromatic rings. The van der Waals surface area contributed by atoms with E-state index in [1.807, 2.05) is 76.9 Å². The second-order valence-corrected chi connectivity index (χ2v) is 7.41. The van der Waals surface area contributed by atoms with Gasteiger partial charge in [-0.25, -0.2) is 0 Å². The zero-order valence-corrected chi connectivity index (χ0v) is 16.3. The molecule has 0 saturated heterocycles. The Hall–Kier alpha value is -3.75. The van der Waals surface area contributed by atoms with E-state index < -0.39 is 0 Å². The number of carbonyl (C=O) groups is 1. The maximum absolute atomic E-state index is 12.7. The summed E-state index contributed by atoms with van der Waals surface area (Å²) in [5.41, 5.74) is 3.65. The van der Waals surface area contributed by atoms with Crippen molar-refractivity contribution in [1.29, 1.82) is 5.26 Å². The zero-order chi connectivity index (χ0) is 20.1. The van der Waals surface area contributed by atoms with Crippen molar-refractivity contribution in [3.63, 3.8) is 0 Å². The fourth-order valence-corrected chi connectivity index (χ4v) is 3.74. The largest absolute Gasteiger partial charge is 0.287 e. The first-order valence-electron chi connectivity index (χ1n) is 9.11. The number of nitriles is 1. The summed E-state index contributed by atoms with van der Waals surface area (Å²) in [6.45, 7) is 0.606. The van der Waals surface area contributed by atoms with Gasteiger partial charge < -0.3 is 0 Å². The van der Waals surface area contributed by atoms with Crippen LogP contribution < -0.4 is 0 Å². The van der Waals surface area contributed by atoms with Crippen molar-refractivity contribution in [3.05, 3.63) is 106 Å².